The van der Waals surface area contributed by atoms with Crippen LogP contribution in [0.4, 0.5) is 0 Å². The zero-order chi connectivity index (χ0) is 11.5. The summed E-state index contributed by atoms with van der Waals surface area (Å²) in [6, 6.07) is 9.70. The maximum atomic E-state index is 10.3. The first-order valence-corrected chi connectivity index (χ1v) is 6.26. The van der Waals surface area contributed by atoms with E-state index in [4.69, 9.17) is 0 Å². The fourth-order valence-electron chi connectivity index (χ4n) is 1.70. The molecular weight excluding hydrogens is 315 g/mol. The van der Waals surface area contributed by atoms with Crippen LogP contribution < -0.4 is 0 Å². The molecule has 1 aromatic heterocycles. The van der Waals surface area contributed by atoms with Gasteiger partial charge in [-0.1, -0.05) is 18.2 Å². The van der Waals surface area contributed by atoms with Gasteiger partial charge in [0.2, 0.25) is 0 Å². The first-order valence-electron chi connectivity index (χ1n) is 5.18. The highest BCUT2D eigenvalue weighted by atomic mass is 127. The van der Waals surface area contributed by atoms with Gasteiger partial charge in [-0.05, 0) is 47.2 Å². The van der Waals surface area contributed by atoms with E-state index in [1.807, 2.05) is 41.9 Å². The van der Waals surface area contributed by atoms with Gasteiger partial charge in [0, 0.05) is 16.3 Å². The summed E-state index contributed by atoms with van der Waals surface area (Å²) in [7, 11) is 0. The Kier molecular flexibility index (Phi) is 3.60. The Morgan fingerprint density at radius 1 is 1.38 bits per heavy atom. The first kappa shape index (κ1) is 11.6. The molecule has 0 fully saturated rings. The quantitative estimate of drug-likeness (QED) is 0.880. The molecule has 1 heterocycles. The fourth-order valence-corrected chi connectivity index (χ4v) is 2.38. The molecule has 84 valence electrons. The summed E-state index contributed by atoms with van der Waals surface area (Å²) in [6.07, 6.45) is 1.12. The molecule has 1 N–H and O–H groups in total. The first-order chi connectivity index (χ1) is 7.74. The molecule has 0 bridgehead atoms. The second-order valence-corrected chi connectivity index (χ2v) is 4.66. The highest BCUT2D eigenvalue weighted by Crippen LogP contribution is 2.25. The van der Waals surface area contributed by atoms with Crippen molar-refractivity contribution < 1.29 is 5.11 Å². The van der Waals surface area contributed by atoms with Crippen molar-refractivity contribution in [2.45, 2.75) is 19.6 Å². The van der Waals surface area contributed by atoms with Crippen molar-refractivity contribution in [3.05, 3.63) is 51.4 Å². The average molecular weight is 328 g/mol. The molecule has 0 aliphatic carbocycles. The van der Waals surface area contributed by atoms with Crippen molar-refractivity contribution in [2.75, 3.05) is 0 Å². The molecule has 0 aliphatic rings. The lowest BCUT2D eigenvalue weighted by molar-refractivity contribution is 0.207. The lowest BCUT2D eigenvalue weighted by Crippen LogP contribution is -2.10. The monoisotopic (exact) mass is 328 g/mol. The van der Waals surface area contributed by atoms with E-state index in [1.54, 1.807) is 6.20 Å². The van der Waals surface area contributed by atoms with Crippen molar-refractivity contribution in [3.63, 3.8) is 0 Å². The molecule has 0 amide bonds. The number of nitrogens with zero attached hydrogens (tertiary/aromatic N) is 2. The normalized spacial score (nSPS) is 12.7. The van der Waals surface area contributed by atoms with Crippen LogP contribution in [-0.2, 0) is 6.54 Å². The number of benzene rings is 1. The van der Waals surface area contributed by atoms with E-state index in [0.29, 0.717) is 0 Å². The second-order valence-electron chi connectivity index (χ2n) is 3.50. The summed E-state index contributed by atoms with van der Waals surface area (Å²) in [6.45, 7) is 2.78. The summed E-state index contributed by atoms with van der Waals surface area (Å²) >= 11 is 2.23. The molecule has 16 heavy (non-hydrogen) atoms. The van der Waals surface area contributed by atoms with E-state index in [0.717, 1.165) is 21.4 Å². The van der Waals surface area contributed by atoms with Gasteiger partial charge in [-0.15, -0.1) is 0 Å². The third-order valence-corrected chi connectivity index (χ3v) is 3.51. The van der Waals surface area contributed by atoms with Crippen molar-refractivity contribution in [3.8, 4) is 0 Å². The summed E-state index contributed by atoms with van der Waals surface area (Å²) in [5, 5.41) is 14.5. The third-order valence-electron chi connectivity index (χ3n) is 2.53. The van der Waals surface area contributed by atoms with Crippen LogP contribution in [0.1, 0.15) is 24.3 Å². The Hall–Kier alpha value is -0.880. The van der Waals surface area contributed by atoms with Crippen LogP contribution in [0.5, 0.6) is 0 Å². The summed E-state index contributed by atoms with van der Waals surface area (Å²) in [4.78, 5) is 0. The minimum atomic E-state index is -0.601. The summed E-state index contributed by atoms with van der Waals surface area (Å²) < 4.78 is 2.88. The maximum absolute atomic E-state index is 10.3. The Morgan fingerprint density at radius 2 is 2.12 bits per heavy atom. The van der Waals surface area contributed by atoms with E-state index >= 15 is 0 Å². The number of hydrogen-bond acceptors (Lipinski definition) is 2. The molecule has 0 aliphatic heterocycles. The number of aliphatic hydroxyl groups is 1. The standard InChI is InChI=1S/C12H13IN2O/c1-2-15-11(7-8-14-15)12(16)9-5-3-4-6-10(9)13/h3-8,12,16H,2H2,1H3. The number of aromatic nitrogens is 2. The minimum absolute atomic E-state index is 0.601. The van der Waals surface area contributed by atoms with E-state index in [-0.39, 0.29) is 0 Å². The van der Waals surface area contributed by atoms with Crippen LogP contribution >= 0.6 is 22.6 Å². The van der Waals surface area contributed by atoms with Crippen LogP contribution in [0.15, 0.2) is 36.5 Å². The number of rotatable bonds is 3. The number of halogens is 1. The van der Waals surface area contributed by atoms with Gasteiger partial charge in [-0.25, -0.2) is 0 Å². The van der Waals surface area contributed by atoms with Gasteiger partial charge in [-0.3, -0.25) is 4.68 Å². The Labute approximate surface area is 108 Å². The SMILES string of the molecule is CCn1nccc1C(O)c1ccccc1I. The van der Waals surface area contributed by atoms with Crippen molar-refractivity contribution in [1.82, 2.24) is 9.78 Å². The van der Waals surface area contributed by atoms with Gasteiger partial charge in [0.1, 0.15) is 6.10 Å². The second kappa shape index (κ2) is 4.97. The van der Waals surface area contributed by atoms with E-state index in [9.17, 15) is 5.11 Å². The van der Waals surface area contributed by atoms with Gasteiger partial charge in [-0.2, -0.15) is 5.10 Å². The third kappa shape index (κ3) is 2.12. The Bertz CT molecular complexity index is 481. The molecule has 0 saturated carbocycles. The predicted octanol–water partition coefficient (Wildman–Crippen LogP) is 2.59. The van der Waals surface area contributed by atoms with E-state index in [1.165, 1.54) is 0 Å². The number of aliphatic hydroxyl groups excluding tert-OH is 1. The molecule has 2 rings (SSSR count). The van der Waals surface area contributed by atoms with Crippen molar-refractivity contribution in [2.24, 2.45) is 0 Å². The van der Waals surface area contributed by atoms with E-state index < -0.39 is 6.10 Å². The molecule has 0 spiro atoms. The van der Waals surface area contributed by atoms with Crippen LogP contribution in [0.25, 0.3) is 0 Å². The van der Waals surface area contributed by atoms with Gasteiger partial charge < -0.3 is 5.11 Å². The molecule has 1 atom stereocenters. The van der Waals surface area contributed by atoms with Crippen molar-refractivity contribution in [1.29, 1.82) is 0 Å². The van der Waals surface area contributed by atoms with Crippen LogP contribution in [0.2, 0.25) is 0 Å². The minimum Gasteiger partial charge on any atom is -0.382 e. The zero-order valence-electron chi connectivity index (χ0n) is 8.97. The topological polar surface area (TPSA) is 38.0 Å². The van der Waals surface area contributed by atoms with Gasteiger partial charge in [0.25, 0.3) is 0 Å². The van der Waals surface area contributed by atoms with E-state index in [2.05, 4.69) is 27.7 Å². The molecule has 4 heteroatoms. The van der Waals surface area contributed by atoms with Gasteiger partial charge in [0.05, 0.1) is 5.69 Å². The maximum Gasteiger partial charge on any atom is 0.122 e. The molecule has 1 aromatic carbocycles. The molecular formula is C12H13IN2O. The largest absolute Gasteiger partial charge is 0.382 e. The van der Waals surface area contributed by atoms with Crippen LogP contribution in [-0.4, -0.2) is 14.9 Å². The Balaban J connectivity index is 2.39. The molecule has 1 unspecified atom stereocenters. The average Bonchev–Trinajstić information content (AvgIpc) is 2.77. The lowest BCUT2D eigenvalue weighted by atomic mass is 10.1. The van der Waals surface area contributed by atoms with Gasteiger partial charge >= 0.3 is 0 Å². The number of aryl methyl sites for hydroxylation is 1. The predicted molar refractivity (Wildman–Crippen MR) is 71.1 cm³/mol. The highest BCUT2D eigenvalue weighted by molar-refractivity contribution is 14.1. The lowest BCUT2D eigenvalue weighted by Gasteiger charge is -2.14. The molecule has 2 aromatic rings. The van der Waals surface area contributed by atoms with Crippen molar-refractivity contribution >= 4 is 22.6 Å². The molecule has 0 radical (unpaired) electrons. The summed E-state index contributed by atoms with van der Waals surface area (Å²) in [5.41, 5.74) is 1.77. The highest BCUT2D eigenvalue weighted by Gasteiger charge is 2.16. The van der Waals surface area contributed by atoms with Crippen LogP contribution in [0.3, 0.4) is 0 Å². The van der Waals surface area contributed by atoms with Gasteiger partial charge in [0.15, 0.2) is 0 Å². The molecule has 0 saturated heterocycles. The van der Waals surface area contributed by atoms with Crippen LogP contribution in [0, 0.1) is 3.57 Å². The fraction of sp³-hybridized carbons (Fsp3) is 0.250. The Morgan fingerprint density at radius 3 is 2.81 bits per heavy atom. The molecule has 3 nitrogen and oxygen atoms in total. The zero-order valence-corrected chi connectivity index (χ0v) is 11.1. The number of hydrogen-bond donors (Lipinski definition) is 1. The summed E-state index contributed by atoms with van der Waals surface area (Å²) in [5.74, 6) is 0. The smallest absolute Gasteiger partial charge is 0.122 e.